The first-order valence-electron chi connectivity index (χ1n) is 17.0. The van der Waals surface area contributed by atoms with E-state index in [1.807, 2.05) is 29.2 Å². The van der Waals surface area contributed by atoms with Gasteiger partial charge in [0.15, 0.2) is 6.10 Å². The number of carbonyl (C=O) groups excluding carboxylic acids is 3. The van der Waals surface area contributed by atoms with E-state index in [0.717, 1.165) is 62.5 Å². The highest BCUT2D eigenvalue weighted by molar-refractivity contribution is 6.31. The van der Waals surface area contributed by atoms with Gasteiger partial charge >= 0.3 is 18.3 Å². The number of ether oxygens (including phenoxy) is 1. The number of amides is 4. The Bertz CT molecular complexity index is 1470. The van der Waals surface area contributed by atoms with E-state index in [1.54, 1.807) is 9.80 Å². The number of carbonyl (C=O) groups is 3. The Morgan fingerprint density at radius 1 is 0.896 bits per heavy atom. The second kappa shape index (κ2) is 14.9. The number of likely N-dealkylation sites (tertiary alicyclic amines) is 2. The molecule has 0 saturated carbocycles. The molecule has 0 spiro atoms. The lowest BCUT2D eigenvalue weighted by Crippen LogP contribution is -2.52. The lowest BCUT2D eigenvalue weighted by Gasteiger charge is -2.39. The maximum atomic E-state index is 13.9. The fourth-order valence-electron chi connectivity index (χ4n) is 7.71. The Balaban J connectivity index is 1.10. The molecule has 48 heavy (non-hydrogen) atoms. The maximum Gasteiger partial charge on any atom is 0.417 e. The molecule has 0 aromatic heterocycles. The van der Waals surface area contributed by atoms with E-state index in [-0.39, 0.29) is 24.4 Å². The lowest BCUT2D eigenvalue weighted by atomic mass is 9.79. The number of rotatable bonds is 6. The molecule has 0 unspecified atom stereocenters. The van der Waals surface area contributed by atoms with Gasteiger partial charge in [0.1, 0.15) is 0 Å². The molecule has 260 valence electrons. The van der Waals surface area contributed by atoms with E-state index in [2.05, 4.69) is 10.6 Å². The topological polar surface area (TPSA) is 94.2 Å². The van der Waals surface area contributed by atoms with Crippen molar-refractivity contribution in [2.75, 3.05) is 51.1 Å². The van der Waals surface area contributed by atoms with E-state index in [4.69, 9.17) is 16.3 Å². The van der Waals surface area contributed by atoms with Crippen molar-refractivity contribution in [3.63, 3.8) is 0 Å². The van der Waals surface area contributed by atoms with Crippen LogP contribution in [0.3, 0.4) is 0 Å². The van der Waals surface area contributed by atoms with Crippen LogP contribution in [-0.4, -0.2) is 90.7 Å². The number of fused-ring (bicyclic) bond motifs is 1. The first-order chi connectivity index (χ1) is 23.1. The predicted octanol–water partition coefficient (Wildman–Crippen LogP) is 6.20. The summed E-state index contributed by atoms with van der Waals surface area (Å²) >= 11 is 6.00. The number of nitrogens with zero attached hydrogens (tertiary/aromatic N) is 3. The molecule has 2 N–H and O–H groups in total. The molecule has 6 rings (SSSR count). The Morgan fingerprint density at radius 3 is 2.25 bits per heavy atom. The van der Waals surface area contributed by atoms with Crippen molar-refractivity contribution < 1.29 is 32.3 Å². The van der Waals surface area contributed by atoms with Gasteiger partial charge in [0.2, 0.25) is 0 Å². The summed E-state index contributed by atoms with van der Waals surface area (Å²) in [6, 6.07) is 10.9. The lowest BCUT2D eigenvalue weighted by molar-refractivity contribution is -0.142. The molecule has 13 heteroatoms. The van der Waals surface area contributed by atoms with Crippen LogP contribution >= 0.6 is 11.6 Å². The van der Waals surface area contributed by atoms with Crippen LogP contribution in [0.2, 0.25) is 5.02 Å². The minimum Gasteiger partial charge on any atom is -0.436 e. The first-order valence-corrected chi connectivity index (χ1v) is 17.4. The van der Waals surface area contributed by atoms with Crippen LogP contribution < -0.4 is 10.6 Å². The fraction of sp³-hybridized carbons (Fsp3) is 0.571. The SMILES string of the molecule is O=C(O[C@H](Cc1ccc(C(F)(F)F)c(Cl)c1)C(=O)N1CCC(C2CCNCC2)CC1)N1CCC(N2CCc3ccccc3NC2=O)CC1. The minimum absolute atomic E-state index is 0.0590. The molecule has 4 heterocycles. The van der Waals surface area contributed by atoms with Gasteiger partial charge in [-0.05, 0) is 99.2 Å². The average molecular weight is 690 g/mol. The molecule has 0 aliphatic carbocycles. The Hall–Kier alpha value is -3.51. The normalized spacial score (nSPS) is 20.9. The summed E-state index contributed by atoms with van der Waals surface area (Å²) in [5.74, 6) is 0.816. The van der Waals surface area contributed by atoms with Gasteiger partial charge in [0, 0.05) is 50.9 Å². The predicted molar refractivity (Wildman–Crippen MR) is 176 cm³/mol. The standard InChI is InChI=1S/C35H43ClF3N5O4/c36-29-21-23(5-6-28(29)35(37,38)39)22-31(32(45)42-16-9-25(10-17-42)24-7-14-40-15-8-24)48-34(47)43-18-12-27(13-19-43)44-20-11-26-3-1-2-4-30(26)41-33(44)46/h1-6,21,24-25,27,31,40H,7-20,22H2,(H,41,46)/t31-/m1/s1. The smallest absolute Gasteiger partial charge is 0.417 e. The fourth-order valence-corrected chi connectivity index (χ4v) is 8.02. The van der Waals surface area contributed by atoms with E-state index < -0.39 is 29.0 Å². The Kier molecular flexibility index (Phi) is 10.7. The number of nitrogens with one attached hydrogen (secondary N) is 2. The molecule has 2 aromatic carbocycles. The van der Waals surface area contributed by atoms with Crippen LogP contribution in [0.4, 0.5) is 28.4 Å². The summed E-state index contributed by atoms with van der Waals surface area (Å²) in [5.41, 5.74) is 1.30. The molecular weight excluding hydrogens is 647 g/mol. The molecule has 4 aliphatic rings. The quantitative estimate of drug-likeness (QED) is 0.377. The zero-order chi connectivity index (χ0) is 33.8. The van der Waals surface area contributed by atoms with E-state index in [1.165, 1.54) is 12.1 Å². The molecule has 4 aliphatic heterocycles. The Morgan fingerprint density at radius 2 is 1.56 bits per heavy atom. The van der Waals surface area contributed by atoms with Crippen LogP contribution in [0, 0.1) is 11.8 Å². The largest absolute Gasteiger partial charge is 0.436 e. The van der Waals surface area contributed by atoms with Gasteiger partial charge in [-0.2, -0.15) is 13.2 Å². The third-order valence-corrected chi connectivity index (χ3v) is 10.8. The second-order valence-electron chi connectivity index (χ2n) is 13.4. The number of urea groups is 1. The highest BCUT2D eigenvalue weighted by atomic mass is 35.5. The number of halogens is 4. The van der Waals surface area contributed by atoms with E-state index in [0.29, 0.717) is 63.0 Å². The molecule has 9 nitrogen and oxygen atoms in total. The molecule has 0 radical (unpaired) electrons. The number of hydrogen-bond acceptors (Lipinski definition) is 5. The number of anilines is 1. The maximum absolute atomic E-state index is 13.9. The van der Waals surface area contributed by atoms with Crippen molar-refractivity contribution in [2.24, 2.45) is 11.8 Å². The first kappa shape index (κ1) is 34.4. The summed E-state index contributed by atoms with van der Waals surface area (Å²) in [6.07, 6.45) is -0.758. The minimum atomic E-state index is -4.61. The summed E-state index contributed by atoms with van der Waals surface area (Å²) in [4.78, 5) is 45.5. The van der Waals surface area contributed by atoms with Crippen molar-refractivity contribution in [1.29, 1.82) is 0 Å². The second-order valence-corrected chi connectivity index (χ2v) is 13.8. The van der Waals surface area contributed by atoms with Crippen molar-refractivity contribution in [3.05, 3.63) is 64.2 Å². The highest BCUT2D eigenvalue weighted by Gasteiger charge is 2.37. The molecule has 3 saturated heterocycles. The van der Waals surface area contributed by atoms with Gasteiger partial charge in [-0.15, -0.1) is 0 Å². The molecule has 2 aromatic rings. The van der Waals surface area contributed by atoms with Gasteiger partial charge in [-0.3, -0.25) is 4.79 Å². The number of para-hydroxylation sites is 1. The molecule has 3 fully saturated rings. The summed E-state index contributed by atoms with van der Waals surface area (Å²) in [5, 5.41) is 5.93. The number of benzene rings is 2. The zero-order valence-corrected chi connectivity index (χ0v) is 27.7. The van der Waals surface area contributed by atoms with Crippen LogP contribution in [0.1, 0.15) is 55.2 Å². The summed E-state index contributed by atoms with van der Waals surface area (Å²) in [6.45, 7) is 4.36. The number of piperidine rings is 3. The third-order valence-electron chi connectivity index (χ3n) is 10.5. The van der Waals surface area contributed by atoms with Gasteiger partial charge in [-0.1, -0.05) is 35.9 Å². The highest BCUT2D eigenvalue weighted by Crippen LogP contribution is 2.36. The van der Waals surface area contributed by atoms with Crippen LogP contribution in [0.15, 0.2) is 42.5 Å². The van der Waals surface area contributed by atoms with Crippen LogP contribution in [0.25, 0.3) is 0 Å². The molecule has 1 atom stereocenters. The van der Waals surface area contributed by atoms with Crippen LogP contribution in [-0.2, 0) is 28.5 Å². The van der Waals surface area contributed by atoms with Gasteiger partial charge in [-0.25, -0.2) is 9.59 Å². The number of hydrogen-bond donors (Lipinski definition) is 2. The zero-order valence-electron chi connectivity index (χ0n) is 26.9. The van der Waals surface area contributed by atoms with Crippen LogP contribution in [0.5, 0.6) is 0 Å². The van der Waals surface area contributed by atoms with E-state index >= 15 is 0 Å². The van der Waals surface area contributed by atoms with Gasteiger partial charge in [0.25, 0.3) is 5.91 Å². The van der Waals surface area contributed by atoms with Gasteiger partial charge in [0.05, 0.1) is 10.6 Å². The number of alkyl halides is 3. The third kappa shape index (κ3) is 8.02. The van der Waals surface area contributed by atoms with E-state index in [9.17, 15) is 27.6 Å². The molecule has 4 amide bonds. The Labute approximate surface area is 284 Å². The summed E-state index contributed by atoms with van der Waals surface area (Å²) < 4.78 is 46.0. The monoisotopic (exact) mass is 689 g/mol. The van der Waals surface area contributed by atoms with Gasteiger partial charge < -0.3 is 30.1 Å². The van der Waals surface area contributed by atoms with Crippen molar-refractivity contribution in [2.45, 2.75) is 69.7 Å². The van der Waals surface area contributed by atoms with Crippen molar-refractivity contribution in [3.8, 4) is 0 Å². The van der Waals surface area contributed by atoms with Crippen molar-refractivity contribution in [1.82, 2.24) is 20.0 Å². The summed E-state index contributed by atoms with van der Waals surface area (Å²) in [7, 11) is 0. The van der Waals surface area contributed by atoms with Crippen molar-refractivity contribution >= 4 is 35.3 Å². The molecular formula is C35H43ClF3N5O4. The molecule has 0 bridgehead atoms. The average Bonchev–Trinajstić information content (AvgIpc) is 3.25.